The van der Waals surface area contributed by atoms with Gasteiger partial charge in [-0.15, -0.1) is 0 Å². The Balaban J connectivity index is 1.17. The molecule has 4 aromatic heterocycles. The maximum Gasteiger partial charge on any atom is 0.472 e. The Morgan fingerprint density at radius 1 is 0.935 bits per heavy atom. The van der Waals surface area contributed by atoms with Crippen LogP contribution in [0.1, 0.15) is 12.5 Å². The maximum absolute atomic E-state index is 13.2. The summed E-state index contributed by atoms with van der Waals surface area (Å²) in [5.74, 6) is -0.433. The summed E-state index contributed by atoms with van der Waals surface area (Å²) in [6.07, 6.45) is -8.74. The second-order valence-electron chi connectivity index (χ2n) is 10.8. The predicted molar refractivity (Wildman–Crippen MR) is 155 cm³/mol. The van der Waals surface area contributed by atoms with Crippen molar-refractivity contribution >= 4 is 57.2 Å². The number of hydrogen-bond donors (Lipinski definition) is 7. The molecule has 2 radical (unpaired) electrons. The van der Waals surface area contributed by atoms with Gasteiger partial charge in [-0.2, -0.15) is 9.97 Å². The maximum atomic E-state index is 13.2. The highest BCUT2D eigenvalue weighted by Gasteiger charge is 2.55. The molecule has 9 N–H and O–H groups in total. The van der Waals surface area contributed by atoms with E-state index in [-0.39, 0.29) is 34.2 Å². The van der Waals surface area contributed by atoms with Gasteiger partial charge in [0.15, 0.2) is 40.9 Å². The lowest BCUT2D eigenvalue weighted by Crippen LogP contribution is -2.39. The van der Waals surface area contributed by atoms with Crippen LogP contribution in [0.15, 0.2) is 22.2 Å². The fraction of sp³-hybridized carbons (Fsp3) is 0.524. The van der Waals surface area contributed by atoms with Crippen molar-refractivity contribution in [3.63, 3.8) is 0 Å². The van der Waals surface area contributed by atoms with E-state index in [0.717, 1.165) is 0 Å². The summed E-state index contributed by atoms with van der Waals surface area (Å²) in [4.78, 5) is 56.0. The average Bonchev–Trinajstić information content (AvgIpc) is 3.72. The van der Waals surface area contributed by atoms with Gasteiger partial charge in [0.25, 0.3) is 11.1 Å². The molecular weight excluding hydrogens is 657 g/mol. The van der Waals surface area contributed by atoms with Crippen LogP contribution in [0.25, 0.3) is 22.3 Å². The summed E-state index contributed by atoms with van der Waals surface area (Å²) in [6, 6.07) is 0. The summed E-state index contributed by atoms with van der Waals surface area (Å²) in [7, 11) is -1.94. The predicted octanol–water partition coefficient (Wildman–Crippen LogP) is -2.59. The van der Waals surface area contributed by atoms with Crippen LogP contribution in [0.2, 0.25) is 0 Å². The zero-order valence-electron chi connectivity index (χ0n) is 23.5. The molecule has 22 nitrogen and oxygen atoms in total. The molecule has 0 aromatic carbocycles. The minimum Gasteiger partial charge on any atom is -0.386 e. The number of H-pyrrole nitrogens is 2. The normalized spacial score (nSPS) is 37.1. The molecule has 7 rings (SSSR count). The number of anilines is 2. The topological polar surface area (TPSA) is 312 Å². The van der Waals surface area contributed by atoms with Crippen LogP contribution >= 0.6 is 15.4 Å². The number of nitrogens with one attached hydrogen (secondary N) is 2. The van der Waals surface area contributed by atoms with Gasteiger partial charge in [0.2, 0.25) is 19.5 Å². The summed E-state index contributed by atoms with van der Waals surface area (Å²) in [5.41, 5.74) is 9.86. The lowest BCUT2D eigenvalue weighted by Gasteiger charge is -2.29. The van der Waals surface area contributed by atoms with Crippen LogP contribution in [0.3, 0.4) is 0 Å². The Labute approximate surface area is 257 Å². The number of aliphatic hydroxyl groups is 2. The third kappa shape index (κ3) is 5.42. The number of fused-ring (bicyclic) bond motifs is 4. The zero-order valence-corrected chi connectivity index (χ0v) is 25.3. The van der Waals surface area contributed by atoms with Gasteiger partial charge >= 0.3 is 15.4 Å². The quantitative estimate of drug-likeness (QED) is 0.0842. The first-order valence-corrected chi connectivity index (χ1v) is 17.1. The smallest absolute Gasteiger partial charge is 0.386 e. The molecule has 46 heavy (non-hydrogen) atoms. The Hall–Kier alpha value is -3.34. The van der Waals surface area contributed by atoms with Crippen molar-refractivity contribution in [3.8, 4) is 0 Å². The van der Waals surface area contributed by atoms with Crippen LogP contribution in [0.4, 0.5) is 11.9 Å². The number of hydrogen-bond acceptors (Lipinski definition) is 17. The van der Waals surface area contributed by atoms with Gasteiger partial charge in [-0.1, -0.05) is 0 Å². The summed E-state index contributed by atoms with van der Waals surface area (Å²) < 4.78 is 50.0. The molecule has 10 atom stereocenters. The fourth-order valence-corrected chi connectivity index (χ4v) is 7.74. The fourth-order valence-electron chi connectivity index (χ4n) is 5.53. The minimum absolute atomic E-state index is 0.0112. The number of nitrogen functional groups attached to an aromatic ring is 2. The summed E-state index contributed by atoms with van der Waals surface area (Å²) in [6.45, 7) is 0.325. The van der Waals surface area contributed by atoms with E-state index in [1.54, 1.807) is 0 Å². The highest BCUT2D eigenvalue weighted by molar-refractivity contribution is 7.89. The number of rotatable bonds is 2. The van der Waals surface area contributed by atoms with E-state index in [2.05, 4.69) is 29.9 Å². The van der Waals surface area contributed by atoms with E-state index >= 15 is 0 Å². The van der Waals surface area contributed by atoms with E-state index in [0.29, 0.717) is 0 Å². The van der Waals surface area contributed by atoms with Gasteiger partial charge in [0.05, 0.1) is 25.9 Å². The molecule has 7 heterocycles. The standard InChI is InChI=1S/C21H26BN10O12P2/c1-45(22)39-2-6-13(11(34)19(41-6)32-5-26-9-15(32)28-21(24)30-17(9)36)44-46(37,38)40-3-7-12(43-45)10(33)18(42-7)31-4-25-8-14(31)27-20(23)29-16(8)35/h4-7,10-13,18-19,33-34H,2-3H2,1H3,(H,37,38)(H3,23,27,29,35)(H3,24,28,30,36)/q+1/t6-,7+,10+,11-,12+,13-,18+,19-,45?/m1/s1. The zero-order chi connectivity index (χ0) is 32.7. The van der Waals surface area contributed by atoms with E-state index in [1.165, 1.54) is 28.5 Å². The van der Waals surface area contributed by atoms with E-state index in [4.69, 9.17) is 46.6 Å². The lowest BCUT2D eigenvalue weighted by atomic mass is 10.1. The molecule has 3 fully saturated rings. The van der Waals surface area contributed by atoms with Crippen molar-refractivity contribution in [2.75, 3.05) is 31.3 Å². The van der Waals surface area contributed by atoms with Crippen molar-refractivity contribution in [1.82, 2.24) is 39.0 Å². The number of nitrogens with two attached hydrogens (primary N) is 2. The van der Waals surface area contributed by atoms with E-state index in [9.17, 15) is 29.3 Å². The largest absolute Gasteiger partial charge is 0.472 e. The number of nitrogens with zero attached hydrogens (tertiary/aromatic N) is 6. The van der Waals surface area contributed by atoms with Crippen molar-refractivity contribution in [2.24, 2.45) is 0 Å². The average molecular weight is 683 g/mol. The van der Waals surface area contributed by atoms with Gasteiger partial charge in [-0.05, 0) is 0 Å². The van der Waals surface area contributed by atoms with Crippen molar-refractivity contribution in [3.05, 3.63) is 33.4 Å². The number of aromatic nitrogens is 8. The van der Waals surface area contributed by atoms with Gasteiger partial charge < -0.3 is 36.0 Å². The van der Waals surface area contributed by atoms with E-state index in [1.807, 2.05) is 0 Å². The monoisotopic (exact) mass is 683 g/mol. The Morgan fingerprint density at radius 3 is 1.98 bits per heavy atom. The molecular formula is C21H26BN10O12P2+. The van der Waals surface area contributed by atoms with Crippen molar-refractivity contribution in [1.29, 1.82) is 0 Å². The highest BCUT2D eigenvalue weighted by Crippen LogP contribution is 2.58. The SMILES string of the molecule is [B][P+]1(C)OC[C@H]2O[C@@H](n3cnc4c(=O)[nH]c(N)nc43)[C@H](O)[C@@H]2OP(=O)(O)OC[C@@H]2O[C@H](n3cnc4c(=O)[nH]c(N)nc43)[C@@H](O)[C@H]2O1. The second kappa shape index (κ2) is 11.1. The number of aliphatic hydroxyl groups excluding tert-OH is 2. The molecule has 0 spiro atoms. The van der Waals surface area contributed by atoms with Gasteiger partial charge in [-0.3, -0.25) is 37.7 Å². The third-order valence-electron chi connectivity index (χ3n) is 7.55. The number of aromatic amines is 2. The second-order valence-corrected chi connectivity index (χ2v) is 14.5. The van der Waals surface area contributed by atoms with Crippen LogP contribution < -0.4 is 22.6 Å². The Kier molecular flexibility index (Phi) is 7.57. The van der Waals surface area contributed by atoms with Crippen molar-refractivity contribution in [2.45, 2.75) is 49.1 Å². The van der Waals surface area contributed by atoms with Crippen LogP contribution in [0.5, 0.6) is 0 Å². The molecule has 3 aliphatic heterocycles. The van der Waals surface area contributed by atoms with Crippen molar-refractivity contribution < 1.29 is 47.2 Å². The van der Waals surface area contributed by atoms with Crippen LogP contribution in [-0.4, -0.2) is 118 Å². The third-order valence-corrected chi connectivity index (χ3v) is 9.86. The molecule has 4 aromatic rings. The Morgan fingerprint density at radius 2 is 1.43 bits per heavy atom. The van der Waals surface area contributed by atoms with Gasteiger partial charge in [0, 0.05) is 0 Å². The molecule has 0 bridgehead atoms. The number of phosphoric ester groups is 1. The molecule has 2 unspecified atom stereocenters. The molecule has 0 amide bonds. The summed E-state index contributed by atoms with van der Waals surface area (Å²) >= 11 is 0. The molecule has 0 saturated carbocycles. The van der Waals surface area contributed by atoms with Gasteiger partial charge in [0.1, 0.15) is 37.1 Å². The molecule has 244 valence electrons. The summed E-state index contributed by atoms with van der Waals surface area (Å²) in [5, 5.41) is 22.5. The lowest BCUT2D eigenvalue weighted by molar-refractivity contribution is -0.0606. The minimum atomic E-state index is -4.99. The van der Waals surface area contributed by atoms with E-state index < -0.39 is 88.8 Å². The van der Waals surface area contributed by atoms with Gasteiger partial charge in [-0.25, -0.2) is 23.6 Å². The number of phosphoric acid groups is 1. The molecule has 3 aliphatic rings. The highest BCUT2D eigenvalue weighted by atomic mass is 31.2. The first-order chi connectivity index (χ1) is 21.7. The molecule has 25 heteroatoms. The molecule has 3 saturated heterocycles. The Bertz CT molecular complexity index is 1990. The first-order valence-electron chi connectivity index (χ1n) is 13.5. The number of ether oxygens (including phenoxy) is 2. The van der Waals surface area contributed by atoms with Crippen LogP contribution in [0, 0.1) is 0 Å². The number of imidazole rings is 2. The van der Waals surface area contributed by atoms with Crippen LogP contribution in [-0.2, 0) is 32.1 Å². The first kappa shape index (κ1) is 31.3. The molecule has 0 aliphatic carbocycles.